The molecule has 0 atom stereocenters. The van der Waals surface area contributed by atoms with Crippen molar-refractivity contribution in [3.8, 4) is 5.75 Å². The Bertz CT molecular complexity index is 478. The lowest BCUT2D eigenvalue weighted by atomic mass is 10.2. The Morgan fingerprint density at radius 3 is 2.19 bits per heavy atom. The van der Waals surface area contributed by atoms with Gasteiger partial charge in [-0.15, -0.1) is 0 Å². The minimum atomic E-state index is -4.44. The molecular formula is C12H11F5O4. The van der Waals surface area contributed by atoms with E-state index in [1.807, 2.05) is 0 Å². The normalized spacial score (nSPS) is 11.5. The summed E-state index contributed by atoms with van der Waals surface area (Å²) in [6.07, 6.45) is -4.46. The Morgan fingerprint density at radius 1 is 1.14 bits per heavy atom. The molecule has 0 bridgehead atoms. The molecule has 0 saturated carbocycles. The number of hydrogen-bond acceptors (Lipinski definition) is 3. The maximum atomic E-state index is 13.4. The summed E-state index contributed by atoms with van der Waals surface area (Å²) in [5.74, 6) is -4.69. The molecule has 0 aliphatic rings. The number of carbonyl (C=O) groups is 1. The third kappa shape index (κ3) is 5.94. The van der Waals surface area contributed by atoms with Crippen LogP contribution in [0, 0.1) is 11.6 Å². The highest BCUT2D eigenvalue weighted by Crippen LogP contribution is 2.23. The Hall–Kier alpha value is -1.90. The summed E-state index contributed by atoms with van der Waals surface area (Å²) in [7, 11) is 0. The van der Waals surface area contributed by atoms with Crippen LogP contribution < -0.4 is 4.74 Å². The number of hydrogen-bond donors (Lipinski definition) is 1. The minimum absolute atomic E-state index is 0.0182. The van der Waals surface area contributed by atoms with E-state index in [0.29, 0.717) is 12.1 Å². The third-order valence-corrected chi connectivity index (χ3v) is 2.19. The molecule has 1 aromatic carbocycles. The van der Waals surface area contributed by atoms with Crippen molar-refractivity contribution in [3.05, 3.63) is 29.3 Å². The van der Waals surface area contributed by atoms with Gasteiger partial charge in [-0.1, -0.05) is 0 Å². The summed E-state index contributed by atoms with van der Waals surface area (Å²) in [4.78, 5) is 10.5. The van der Waals surface area contributed by atoms with Crippen LogP contribution in [0.1, 0.15) is 16.8 Å². The van der Waals surface area contributed by atoms with E-state index >= 15 is 0 Å². The van der Waals surface area contributed by atoms with E-state index in [4.69, 9.17) is 9.84 Å². The Labute approximate surface area is 116 Å². The van der Waals surface area contributed by atoms with Crippen molar-refractivity contribution in [2.75, 3.05) is 19.8 Å². The van der Waals surface area contributed by atoms with Crippen LogP contribution in [-0.2, 0) is 4.74 Å². The van der Waals surface area contributed by atoms with Crippen molar-refractivity contribution in [2.24, 2.45) is 0 Å². The first-order valence-electron chi connectivity index (χ1n) is 5.70. The fourth-order valence-electron chi connectivity index (χ4n) is 1.34. The molecule has 0 heterocycles. The van der Waals surface area contributed by atoms with Gasteiger partial charge in [0.05, 0.1) is 18.8 Å². The Morgan fingerprint density at radius 2 is 1.71 bits per heavy atom. The van der Waals surface area contributed by atoms with Gasteiger partial charge < -0.3 is 14.6 Å². The molecule has 0 fully saturated rings. The highest BCUT2D eigenvalue weighted by Gasteiger charge is 2.27. The molecule has 0 aliphatic heterocycles. The van der Waals surface area contributed by atoms with Crippen LogP contribution in [0.2, 0.25) is 0 Å². The van der Waals surface area contributed by atoms with E-state index in [1.54, 1.807) is 0 Å². The van der Waals surface area contributed by atoms with E-state index in [0.717, 1.165) is 0 Å². The lowest BCUT2D eigenvalue weighted by Crippen LogP contribution is -2.18. The minimum Gasteiger partial charge on any atom is -0.488 e. The smallest absolute Gasteiger partial charge is 0.411 e. The summed E-state index contributed by atoms with van der Waals surface area (Å²) in [6.45, 7) is -1.99. The first kappa shape index (κ1) is 17.2. The SMILES string of the molecule is O=C(O)c1cc(F)c(OCCCOCC(F)(F)F)c(F)c1. The van der Waals surface area contributed by atoms with Crippen molar-refractivity contribution in [3.63, 3.8) is 0 Å². The van der Waals surface area contributed by atoms with Crippen molar-refractivity contribution in [2.45, 2.75) is 12.6 Å². The predicted octanol–water partition coefficient (Wildman–Crippen LogP) is 3.01. The number of halogens is 5. The average Bonchev–Trinajstić information content (AvgIpc) is 2.34. The van der Waals surface area contributed by atoms with Crippen molar-refractivity contribution in [1.82, 2.24) is 0 Å². The standard InChI is InChI=1S/C12H11F5O4/c13-8-4-7(11(18)19)5-9(14)10(8)21-3-1-2-20-6-12(15,16)17/h4-5H,1-3,6H2,(H,18,19). The molecule has 0 amide bonds. The maximum Gasteiger partial charge on any atom is 0.411 e. The van der Waals surface area contributed by atoms with E-state index in [2.05, 4.69) is 4.74 Å². The van der Waals surface area contributed by atoms with Crippen LogP contribution in [0.5, 0.6) is 5.75 Å². The predicted molar refractivity (Wildman–Crippen MR) is 60.3 cm³/mol. The molecule has 21 heavy (non-hydrogen) atoms. The molecule has 118 valence electrons. The lowest BCUT2D eigenvalue weighted by molar-refractivity contribution is -0.174. The van der Waals surface area contributed by atoms with Gasteiger partial charge in [0.25, 0.3) is 0 Å². The van der Waals surface area contributed by atoms with Gasteiger partial charge in [0.1, 0.15) is 6.61 Å². The number of carboxylic acids is 1. The van der Waals surface area contributed by atoms with Crippen LogP contribution in [0.4, 0.5) is 22.0 Å². The molecular weight excluding hydrogens is 303 g/mol. The van der Waals surface area contributed by atoms with Crippen LogP contribution in [0.3, 0.4) is 0 Å². The zero-order chi connectivity index (χ0) is 16.0. The molecule has 0 unspecified atom stereocenters. The van der Waals surface area contributed by atoms with Gasteiger partial charge in [-0.2, -0.15) is 13.2 Å². The second kappa shape index (κ2) is 7.21. The first-order valence-corrected chi connectivity index (χ1v) is 5.70. The van der Waals surface area contributed by atoms with Crippen LogP contribution >= 0.6 is 0 Å². The Kier molecular flexibility index (Phi) is 5.89. The van der Waals surface area contributed by atoms with Crippen LogP contribution in [0.25, 0.3) is 0 Å². The highest BCUT2D eigenvalue weighted by atomic mass is 19.4. The molecule has 0 saturated heterocycles. The van der Waals surface area contributed by atoms with Crippen molar-refractivity contribution >= 4 is 5.97 Å². The van der Waals surface area contributed by atoms with E-state index in [1.165, 1.54) is 0 Å². The van der Waals surface area contributed by atoms with Gasteiger partial charge in [0, 0.05) is 6.42 Å². The molecule has 1 N–H and O–H groups in total. The first-order chi connectivity index (χ1) is 9.70. The zero-order valence-corrected chi connectivity index (χ0v) is 10.5. The highest BCUT2D eigenvalue weighted by molar-refractivity contribution is 5.87. The second-order valence-electron chi connectivity index (χ2n) is 3.94. The van der Waals surface area contributed by atoms with Crippen molar-refractivity contribution in [1.29, 1.82) is 0 Å². The number of aromatic carboxylic acids is 1. The summed E-state index contributed by atoms with van der Waals surface area (Å²) >= 11 is 0. The van der Waals surface area contributed by atoms with Gasteiger partial charge >= 0.3 is 12.1 Å². The van der Waals surface area contributed by atoms with Crippen LogP contribution in [-0.4, -0.2) is 37.1 Å². The molecule has 0 radical (unpaired) electrons. The van der Waals surface area contributed by atoms with Gasteiger partial charge in [-0.25, -0.2) is 13.6 Å². The number of carboxylic acid groups (broad SMARTS) is 1. The second-order valence-corrected chi connectivity index (χ2v) is 3.94. The maximum absolute atomic E-state index is 13.4. The summed E-state index contributed by atoms with van der Waals surface area (Å²) in [5, 5.41) is 8.58. The zero-order valence-electron chi connectivity index (χ0n) is 10.5. The van der Waals surface area contributed by atoms with Gasteiger partial charge in [-0.05, 0) is 12.1 Å². The monoisotopic (exact) mass is 314 g/mol. The molecule has 1 rings (SSSR count). The average molecular weight is 314 g/mol. The number of benzene rings is 1. The van der Waals surface area contributed by atoms with Crippen LogP contribution in [0.15, 0.2) is 12.1 Å². The van der Waals surface area contributed by atoms with Crippen molar-refractivity contribution < 1.29 is 41.3 Å². The summed E-state index contributed by atoms with van der Waals surface area (Å²) in [6, 6.07) is 1.17. The lowest BCUT2D eigenvalue weighted by Gasteiger charge is -2.10. The van der Waals surface area contributed by atoms with Gasteiger partial charge in [0.15, 0.2) is 17.4 Å². The van der Waals surface area contributed by atoms with Gasteiger partial charge in [-0.3, -0.25) is 0 Å². The molecule has 1 aromatic rings. The summed E-state index contributed by atoms with van der Waals surface area (Å²) < 4.78 is 71.0. The molecule has 9 heteroatoms. The third-order valence-electron chi connectivity index (χ3n) is 2.19. The molecule has 4 nitrogen and oxygen atoms in total. The van der Waals surface area contributed by atoms with Gasteiger partial charge in [0.2, 0.25) is 0 Å². The van der Waals surface area contributed by atoms with E-state index in [9.17, 15) is 26.7 Å². The number of rotatable bonds is 7. The molecule has 0 aromatic heterocycles. The molecule has 0 spiro atoms. The fraction of sp³-hybridized carbons (Fsp3) is 0.417. The topological polar surface area (TPSA) is 55.8 Å². The largest absolute Gasteiger partial charge is 0.488 e. The fourth-order valence-corrected chi connectivity index (χ4v) is 1.34. The quantitative estimate of drug-likeness (QED) is 0.621. The Balaban J connectivity index is 2.44. The van der Waals surface area contributed by atoms with E-state index in [-0.39, 0.29) is 19.6 Å². The number of alkyl halides is 3. The van der Waals surface area contributed by atoms with E-state index < -0.39 is 41.7 Å². The summed E-state index contributed by atoms with van der Waals surface area (Å²) in [5.41, 5.74) is -0.578. The number of ether oxygens (including phenoxy) is 2. The molecule has 0 aliphatic carbocycles.